The summed E-state index contributed by atoms with van der Waals surface area (Å²) in [6, 6.07) is 61.5. The molecule has 0 fully saturated rings. The van der Waals surface area contributed by atoms with Crippen LogP contribution in [0.2, 0.25) is 0 Å². The molecule has 1 aliphatic rings. The maximum atomic E-state index is 12.8. The van der Waals surface area contributed by atoms with Crippen LogP contribution in [0, 0.1) is 0 Å². The minimum atomic E-state index is -4.40. The van der Waals surface area contributed by atoms with Gasteiger partial charge < -0.3 is 33.6 Å². The van der Waals surface area contributed by atoms with Gasteiger partial charge in [-0.2, -0.15) is 8.42 Å². The van der Waals surface area contributed by atoms with E-state index in [0.717, 1.165) is 101 Å². The summed E-state index contributed by atoms with van der Waals surface area (Å²) in [6.07, 6.45) is 3.37. The van der Waals surface area contributed by atoms with E-state index in [-0.39, 0.29) is 6.42 Å². The molecule has 0 saturated heterocycles. The van der Waals surface area contributed by atoms with Gasteiger partial charge in [0.25, 0.3) is 10.1 Å². The lowest BCUT2D eigenvalue weighted by molar-refractivity contribution is 0.414. The van der Waals surface area contributed by atoms with E-state index in [1.165, 1.54) is 0 Å². The number of fused-ring (bicyclic) bond motifs is 2. The molecular formula is C58H53N3O7S2. The number of nitrogens with zero attached hydrogens (tertiary/aromatic N) is 3. The second-order valence-electron chi connectivity index (χ2n) is 16.5. The predicted molar refractivity (Wildman–Crippen MR) is 285 cm³/mol. The molecule has 8 aromatic rings. The molecule has 12 heteroatoms. The summed E-state index contributed by atoms with van der Waals surface area (Å²) in [5.74, 6) is 3.06. The number of hydrogen-bond donors (Lipinski definition) is 1. The summed E-state index contributed by atoms with van der Waals surface area (Å²) in [5.41, 5.74) is 11.6. The van der Waals surface area contributed by atoms with Crippen molar-refractivity contribution in [1.82, 2.24) is 0 Å². The molecule has 70 heavy (non-hydrogen) atoms. The highest BCUT2D eigenvalue weighted by molar-refractivity contribution is 7.99. The van der Waals surface area contributed by atoms with Gasteiger partial charge in [-0.3, -0.25) is 4.55 Å². The molecule has 0 saturated carbocycles. The highest BCUT2D eigenvalue weighted by atomic mass is 32.2. The Morgan fingerprint density at radius 3 is 1.10 bits per heavy atom. The fourth-order valence-electron chi connectivity index (χ4n) is 8.90. The van der Waals surface area contributed by atoms with Gasteiger partial charge in [0.1, 0.15) is 28.2 Å². The van der Waals surface area contributed by atoms with Crippen LogP contribution in [0.25, 0.3) is 22.3 Å². The molecule has 0 amide bonds. The van der Waals surface area contributed by atoms with E-state index >= 15 is 0 Å². The van der Waals surface area contributed by atoms with Gasteiger partial charge in [-0.25, -0.2) is 0 Å². The Morgan fingerprint density at radius 1 is 0.500 bits per heavy atom. The minimum absolute atomic E-state index is 0.143. The van der Waals surface area contributed by atoms with Crippen molar-refractivity contribution < 1.29 is 31.9 Å². The first kappa shape index (κ1) is 47.4. The Labute approximate surface area is 414 Å². The van der Waals surface area contributed by atoms with Gasteiger partial charge in [-0.15, -0.1) is 0 Å². The summed E-state index contributed by atoms with van der Waals surface area (Å²) in [4.78, 5) is 8.68. The maximum absolute atomic E-state index is 12.8. The lowest BCUT2D eigenvalue weighted by Gasteiger charge is -2.37. The lowest BCUT2D eigenvalue weighted by Crippen LogP contribution is -2.29. The van der Waals surface area contributed by atoms with E-state index in [2.05, 4.69) is 99.6 Å². The van der Waals surface area contributed by atoms with Gasteiger partial charge in [0, 0.05) is 61.6 Å². The standard InChI is InChI=1S/C58H53N3O7S2/c1-6-9-52(70(62,63)64)38-39-59-57-53(40-14-18-42(19-15-40)60(44-22-30-48(65-2)31-23-44)45-24-32-49(66-3)33-25-45)10-7-12-55(57)69-56-13-8-11-54(58(56)59)41-16-20-43(21-17-41)61(46-26-34-50(67-4)35-27-46)47-28-36-51(68-5)37-29-47/h6-37,52H,38-39H2,1-5H3,(H,62,63,64)/b9-6+. The second kappa shape index (κ2) is 20.9. The van der Waals surface area contributed by atoms with Crippen LogP contribution in [-0.4, -0.2) is 53.2 Å². The van der Waals surface area contributed by atoms with Gasteiger partial charge in [0.2, 0.25) is 0 Å². The van der Waals surface area contributed by atoms with Crippen molar-refractivity contribution in [2.45, 2.75) is 28.4 Å². The quantitative estimate of drug-likeness (QED) is 0.0697. The topological polar surface area (TPSA) is 101 Å². The van der Waals surface area contributed by atoms with Crippen molar-refractivity contribution in [1.29, 1.82) is 0 Å². The Kier molecular flexibility index (Phi) is 14.2. The Bertz CT molecular complexity index is 2920. The average molecular weight is 968 g/mol. The molecule has 1 N–H and O–H groups in total. The van der Waals surface area contributed by atoms with E-state index < -0.39 is 15.4 Å². The normalized spacial score (nSPS) is 12.5. The summed E-state index contributed by atoms with van der Waals surface area (Å²) < 4.78 is 58.0. The van der Waals surface area contributed by atoms with Crippen molar-refractivity contribution >= 4 is 67.4 Å². The van der Waals surface area contributed by atoms with Crippen LogP contribution in [0.15, 0.2) is 204 Å². The zero-order valence-electron chi connectivity index (χ0n) is 39.5. The van der Waals surface area contributed by atoms with Crippen molar-refractivity contribution in [3.05, 3.63) is 194 Å². The van der Waals surface area contributed by atoms with Crippen molar-refractivity contribution in [3.8, 4) is 45.3 Å². The molecule has 354 valence electrons. The van der Waals surface area contributed by atoms with Crippen molar-refractivity contribution in [3.63, 3.8) is 0 Å². The third-order valence-electron chi connectivity index (χ3n) is 12.4. The van der Waals surface area contributed by atoms with E-state index in [9.17, 15) is 13.0 Å². The number of para-hydroxylation sites is 2. The molecule has 0 aliphatic carbocycles. The number of ether oxygens (including phenoxy) is 4. The molecule has 0 bridgehead atoms. The van der Waals surface area contributed by atoms with Gasteiger partial charge in [-0.05, 0) is 158 Å². The molecule has 8 aromatic carbocycles. The highest BCUT2D eigenvalue weighted by Crippen LogP contribution is 2.55. The van der Waals surface area contributed by atoms with Gasteiger partial charge in [0.05, 0.1) is 39.8 Å². The number of rotatable bonds is 17. The monoisotopic (exact) mass is 967 g/mol. The van der Waals surface area contributed by atoms with Gasteiger partial charge >= 0.3 is 0 Å². The Morgan fingerprint density at radius 2 is 0.814 bits per heavy atom. The minimum Gasteiger partial charge on any atom is -0.497 e. The molecule has 10 nitrogen and oxygen atoms in total. The van der Waals surface area contributed by atoms with E-state index in [1.54, 1.807) is 59.3 Å². The number of benzene rings is 8. The molecule has 1 heterocycles. The lowest BCUT2D eigenvalue weighted by atomic mass is 9.98. The van der Waals surface area contributed by atoms with E-state index in [0.29, 0.717) is 6.54 Å². The summed E-state index contributed by atoms with van der Waals surface area (Å²) in [6.45, 7) is 2.06. The van der Waals surface area contributed by atoms with Crippen LogP contribution < -0.4 is 33.6 Å². The highest BCUT2D eigenvalue weighted by Gasteiger charge is 2.31. The smallest absolute Gasteiger partial charge is 0.271 e. The summed E-state index contributed by atoms with van der Waals surface area (Å²) in [7, 11) is 2.24. The van der Waals surface area contributed by atoms with Crippen LogP contribution in [0.4, 0.5) is 45.5 Å². The first-order chi connectivity index (χ1) is 34.1. The molecule has 9 rings (SSSR count). The largest absolute Gasteiger partial charge is 0.497 e. The van der Waals surface area contributed by atoms with Crippen molar-refractivity contribution in [2.75, 3.05) is 49.7 Å². The van der Waals surface area contributed by atoms with Crippen molar-refractivity contribution in [2.24, 2.45) is 0 Å². The number of methoxy groups -OCH3 is 4. The predicted octanol–water partition coefficient (Wildman–Crippen LogP) is 14.8. The van der Waals surface area contributed by atoms with E-state index in [4.69, 9.17) is 18.9 Å². The molecule has 0 radical (unpaired) electrons. The summed E-state index contributed by atoms with van der Waals surface area (Å²) >= 11 is 1.69. The summed E-state index contributed by atoms with van der Waals surface area (Å²) in [5, 5.41) is -1.10. The SMILES string of the molecule is C/C=C/C(CCN1c2c(cccc2-c2ccc(N(c3ccc(OC)cc3)c3ccc(OC)cc3)cc2)Sc2cccc(-c3ccc(N(c4ccc(OC)cc4)c4ccc(OC)cc4)cc3)c21)S(=O)(=O)O. The Balaban J connectivity index is 1.13. The Hall–Kier alpha value is -7.64. The number of allylic oxidation sites excluding steroid dienone is 1. The zero-order chi connectivity index (χ0) is 48.8. The second-order valence-corrected chi connectivity index (χ2v) is 19.2. The number of hydrogen-bond acceptors (Lipinski definition) is 10. The van der Waals surface area contributed by atoms with Crippen LogP contribution >= 0.6 is 11.8 Å². The van der Waals surface area contributed by atoms with Crippen LogP contribution in [0.5, 0.6) is 23.0 Å². The average Bonchev–Trinajstić information content (AvgIpc) is 3.40. The zero-order valence-corrected chi connectivity index (χ0v) is 41.2. The fourth-order valence-corrected chi connectivity index (χ4v) is 10.8. The first-order valence-electron chi connectivity index (χ1n) is 22.8. The molecule has 1 unspecified atom stereocenters. The van der Waals surface area contributed by atoms with Gasteiger partial charge in [-0.1, -0.05) is 72.4 Å². The third kappa shape index (κ3) is 9.93. The van der Waals surface area contributed by atoms with Crippen LogP contribution in [0.3, 0.4) is 0 Å². The third-order valence-corrected chi connectivity index (χ3v) is 14.6. The molecule has 0 aromatic heterocycles. The maximum Gasteiger partial charge on any atom is 0.271 e. The molecule has 1 aliphatic heterocycles. The van der Waals surface area contributed by atoms with Crippen LogP contribution in [0.1, 0.15) is 13.3 Å². The van der Waals surface area contributed by atoms with E-state index in [1.807, 2.05) is 97.1 Å². The molecule has 1 atom stereocenters. The molecule has 0 spiro atoms. The fraction of sp³-hybridized carbons (Fsp3) is 0.138. The first-order valence-corrected chi connectivity index (χ1v) is 25.1. The van der Waals surface area contributed by atoms with Gasteiger partial charge in [0.15, 0.2) is 0 Å². The van der Waals surface area contributed by atoms with Crippen LogP contribution in [-0.2, 0) is 10.1 Å². The number of anilines is 8. The molecular weight excluding hydrogens is 915 g/mol.